The van der Waals surface area contributed by atoms with Gasteiger partial charge in [-0.25, -0.2) is 9.78 Å². The Kier molecular flexibility index (Phi) is 7.30. The fourth-order valence-electron chi connectivity index (χ4n) is 3.95. The predicted molar refractivity (Wildman–Crippen MR) is 149 cm³/mol. The highest BCUT2D eigenvalue weighted by Crippen LogP contribution is 2.29. The van der Waals surface area contributed by atoms with Gasteiger partial charge in [0.15, 0.2) is 12.4 Å². The van der Waals surface area contributed by atoms with Gasteiger partial charge in [-0.1, -0.05) is 23.7 Å². The summed E-state index contributed by atoms with van der Waals surface area (Å²) in [7, 11) is 0. The van der Waals surface area contributed by atoms with Crippen LogP contribution < -0.4 is 10.3 Å². The molecule has 2 heterocycles. The standard InChI is InChI=1S/C28H21ClN4O7/c1-16(2)39-26(34)15-38-23-10-8-20(33(36)37)12-18(23)14-30-32-27(31-22-6-4-3-5-21(22)28(32)35)25-13-17-11-19(29)7-9-24(17)40-25/h3-14,16H,15H2,1-2H3. The van der Waals surface area contributed by atoms with Crippen molar-refractivity contribution in [2.75, 3.05) is 6.61 Å². The first-order chi connectivity index (χ1) is 19.2. The third-order valence-electron chi connectivity index (χ3n) is 5.68. The summed E-state index contributed by atoms with van der Waals surface area (Å²) in [5, 5.41) is 17.3. The van der Waals surface area contributed by atoms with Gasteiger partial charge < -0.3 is 13.9 Å². The second kappa shape index (κ2) is 11.0. The molecule has 0 aliphatic heterocycles. The Morgan fingerprint density at radius 2 is 1.98 bits per heavy atom. The molecule has 2 aromatic heterocycles. The fourth-order valence-corrected chi connectivity index (χ4v) is 4.13. The van der Waals surface area contributed by atoms with Crippen molar-refractivity contribution >= 4 is 51.3 Å². The van der Waals surface area contributed by atoms with Crippen molar-refractivity contribution in [3.63, 3.8) is 0 Å². The number of nitro groups is 1. The molecule has 0 aliphatic carbocycles. The summed E-state index contributed by atoms with van der Waals surface area (Å²) in [4.78, 5) is 41.0. The molecule has 0 saturated heterocycles. The van der Waals surface area contributed by atoms with Gasteiger partial charge in [-0.2, -0.15) is 9.78 Å². The summed E-state index contributed by atoms with van der Waals surface area (Å²) in [6.45, 7) is 2.97. The number of esters is 1. The molecule has 0 saturated carbocycles. The minimum Gasteiger partial charge on any atom is -0.481 e. The van der Waals surface area contributed by atoms with E-state index < -0.39 is 23.1 Å². The van der Waals surface area contributed by atoms with Crippen LogP contribution in [0.15, 0.2) is 81.0 Å². The van der Waals surface area contributed by atoms with Crippen LogP contribution in [0.5, 0.6) is 5.75 Å². The van der Waals surface area contributed by atoms with E-state index >= 15 is 0 Å². The molecule has 0 N–H and O–H groups in total. The lowest BCUT2D eigenvalue weighted by Crippen LogP contribution is -2.20. The second-order valence-electron chi connectivity index (χ2n) is 8.91. The number of nitrogens with zero attached hydrogens (tertiary/aromatic N) is 4. The van der Waals surface area contributed by atoms with Crippen molar-refractivity contribution in [2.45, 2.75) is 20.0 Å². The molecule has 11 nitrogen and oxygen atoms in total. The molecule has 0 fully saturated rings. The summed E-state index contributed by atoms with van der Waals surface area (Å²) in [6, 6.07) is 17.3. The van der Waals surface area contributed by atoms with Crippen LogP contribution in [0.3, 0.4) is 0 Å². The number of hydrogen-bond acceptors (Lipinski definition) is 9. The molecular weight excluding hydrogens is 540 g/mol. The minimum atomic E-state index is -0.613. The van der Waals surface area contributed by atoms with Crippen molar-refractivity contribution in [1.29, 1.82) is 0 Å². The molecule has 5 rings (SSSR count). The molecule has 3 aromatic carbocycles. The molecule has 0 aliphatic rings. The monoisotopic (exact) mass is 560 g/mol. The van der Waals surface area contributed by atoms with Crippen LogP contribution in [-0.4, -0.2) is 39.5 Å². The number of rotatable bonds is 8. The molecule has 5 aromatic rings. The number of aromatic nitrogens is 2. The van der Waals surface area contributed by atoms with E-state index in [1.807, 2.05) is 0 Å². The highest BCUT2D eigenvalue weighted by atomic mass is 35.5. The van der Waals surface area contributed by atoms with Crippen molar-refractivity contribution < 1.29 is 23.6 Å². The summed E-state index contributed by atoms with van der Waals surface area (Å²) in [5.74, 6) is -0.139. The number of carbonyl (C=O) groups excluding carboxylic acids is 1. The smallest absolute Gasteiger partial charge is 0.344 e. The molecule has 0 amide bonds. The number of carbonyl (C=O) groups is 1. The number of ether oxygens (including phenoxy) is 2. The number of para-hydroxylation sites is 1. The Labute approximate surface area is 231 Å². The minimum absolute atomic E-state index is 0.0979. The Morgan fingerprint density at radius 3 is 2.75 bits per heavy atom. The van der Waals surface area contributed by atoms with Crippen molar-refractivity contribution in [1.82, 2.24) is 9.66 Å². The lowest BCUT2D eigenvalue weighted by Gasteiger charge is -2.11. The van der Waals surface area contributed by atoms with Gasteiger partial charge >= 0.3 is 5.97 Å². The fraction of sp³-hybridized carbons (Fsp3) is 0.143. The van der Waals surface area contributed by atoms with Crippen molar-refractivity contribution in [3.8, 4) is 17.3 Å². The van der Waals surface area contributed by atoms with Gasteiger partial charge in [-0.15, -0.1) is 0 Å². The maximum absolute atomic E-state index is 13.5. The Bertz CT molecular complexity index is 1860. The normalized spacial score (nSPS) is 11.5. The van der Waals surface area contributed by atoms with Gasteiger partial charge in [0.25, 0.3) is 11.2 Å². The summed E-state index contributed by atoms with van der Waals surface area (Å²) in [5.41, 5.74) is 0.366. The average Bonchev–Trinajstić information content (AvgIpc) is 3.34. The quantitative estimate of drug-likeness (QED) is 0.104. The van der Waals surface area contributed by atoms with E-state index in [1.165, 1.54) is 24.4 Å². The van der Waals surface area contributed by atoms with Crippen LogP contribution in [0.4, 0.5) is 5.69 Å². The zero-order chi connectivity index (χ0) is 28.4. The van der Waals surface area contributed by atoms with Crippen LogP contribution in [0.2, 0.25) is 5.02 Å². The first kappa shape index (κ1) is 26.6. The Morgan fingerprint density at radius 1 is 1.18 bits per heavy atom. The zero-order valence-electron chi connectivity index (χ0n) is 21.2. The molecule has 12 heteroatoms. The van der Waals surface area contributed by atoms with Gasteiger partial charge in [0.1, 0.15) is 11.3 Å². The number of nitro benzene ring substituents is 1. The summed E-state index contributed by atoms with van der Waals surface area (Å²) in [6.07, 6.45) is 0.880. The largest absolute Gasteiger partial charge is 0.481 e. The van der Waals surface area contributed by atoms with Crippen LogP contribution in [0.1, 0.15) is 19.4 Å². The Balaban J connectivity index is 1.62. The number of hydrogen-bond donors (Lipinski definition) is 0. The van der Waals surface area contributed by atoms with Gasteiger partial charge in [0.05, 0.1) is 28.1 Å². The average molecular weight is 561 g/mol. The van der Waals surface area contributed by atoms with E-state index in [0.717, 1.165) is 4.68 Å². The van der Waals surface area contributed by atoms with Gasteiger partial charge in [-0.05, 0) is 56.3 Å². The first-order valence-electron chi connectivity index (χ1n) is 12.1. The molecule has 0 spiro atoms. The molecule has 40 heavy (non-hydrogen) atoms. The third kappa shape index (κ3) is 5.54. The van der Waals surface area contributed by atoms with E-state index in [4.69, 9.17) is 25.5 Å². The van der Waals surface area contributed by atoms with Crippen LogP contribution >= 0.6 is 11.6 Å². The highest BCUT2D eigenvalue weighted by molar-refractivity contribution is 6.31. The van der Waals surface area contributed by atoms with Gasteiger partial charge in [-0.3, -0.25) is 14.9 Å². The highest BCUT2D eigenvalue weighted by Gasteiger charge is 2.18. The topological polar surface area (TPSA) is 139 Å². The van der Waals surface area contributed by atoms with E-state index in [9.17, 15) is 19.7 Å². The summed E-state index contributed by atoms with van der Waals surface area (Å²) >= 11 is 6.12. The van der Waals surface area contributed by atoms with Crippen molar-refractivity contribution in [2.24, 2.45) is 5.10 Å². The molecular formula is C28H21ClN4O7. The number of non-ortho nitro benzene ring substituents is 1. The van der Waals surface area contributed by atoms with E-state index in [0.29, 0.717) is 26.9 Å². The van der Waals surface area contributed by atoms with E-state index in [2.05, 4.69) is 10.1 Å². The number of furan rings is 1. The third-order valence-corrected chi connectivity index (χ3v) is 5.92. The van der Waals surface area contributed by atoms with Gasteiger partial charge in [0.2, 0.25) is 5.82 Å². The molecule has 0 unspecified atom stereocenters. The molecule has 0 radical (unpaired) electrons. The Hall–Kier alpha value is -5.03. The lowest BCUT2D eigenvalue weighted by atomic mass is 10.2. The van der Waals surface area contributed by atoms with Crippen LogP contribution in [-0.2, 0) is 9.53 Å². The van der Waals surface area contributed by atoms with Crippen molar-refractivity contribution in [3.05, 3.63) is 97.8 Å². The van der Waals surface area contributed by atoms with E-state index in [-0.39, 0.29) is 34.7 Å². The van der Waals surface area contributed by atoms with Crippen LogP contribution in [0, 0.1) is 10.1 Å². The van der Waals surface area contributed by atoms with Crippen LogP contribution in [0.25, 0.3) is 33.5 Å². The zero-order valence-corrected chi connectivity index (χ0v) is 22.0. The first-order valence-corrected chi connectivity index (χ1v) is 12.4. The lowest BCUT2D eigenvalue weighted by molar-refractivity contribution is -0.384. The SMILES string of the molecule is CC(C)OC(=O)COc1ccc([N+](=O)[O-])cc1C=Nn1c(-c2cc3cc(Cl)ccc3o2)nc2ccccc2c1=O. The number of benzene rings is 3. The summed E-state index contributed by atoms with van der Waals surface area (Å²) < 4.78 is 17.6. The maximum Gasteiger partial charge on any atom is 0.344 e. The van der Waals surface area contributed by atoms with E-state index in [1.54, 1.807) is 62.4 Å². The molecule has 0 bridgehead atoms. The molecule has 202 valence electrons. The maximum atomic E-state index is 13.5. The second-order valence-corrected chi connectivity index (χ2v) is 9.35. The van der Waals surface area contributed by atoms with Gasteiger partial charge in [0, 0.05) is 28.1 Å². The predicted octanol–water partition coefficient (Wildman–Crippen LogP) is 5.58. The molecule has 0 atom stereocenters. The number of fused-ring (bicyclic) bond motifs is 2. The number of halogens is 1.